The van der Waals surface area contributed by atoms with E-state index in [1.807, 2.05) is 107 Å². The van der Waals surface area contributed by atoms with E-state index in [1.54, 1.807) is 48.0 Å². The topological polar surface area (TPSA) is 227 Å². The van der Waals surface area contributed by atoms with Crippen molar-refractivity contribution in [2.45, 2.75) is 91.5 Å². The molecule has 0 radical (unpaired) electrons. The Morgan fingerprint density at radius 2 is 1.04 bits per heavy atom. The minimum atomic E-state index is -0.265. The first-order valence-corrected chi connectivity index (χ1v) is 24.4. The van der Waals surface area contributed by atoms with Gasteiger partial charge in [0.05, 0.1) is 40.8 Å². The van der Waals surface area contributed by atoms with E-state index >= 15 is 0 Å². The van der Waals surface area contributed by atoms with E-state index < -0.39 is 0 Å². The minimum absolute atomic E-state index is 0. The van der Waals surface area contributed by atoms with Crippen molar-refractivity contribution in [2.75, 3.05) is 27.4 Å². The van der Waals surface area contributed by atoms with Crippen LogP contribution in [-0.2, 0) is 36.6 Å². The van der Waals surface area contributed by atoms with Gasteiger partial charge < -0.3 is 49.1 Å². The third-order valence-corrected chi connectivity index (χ3v) is 11.4. The number of nitrogens with two attached hydrogens (primary N) is 1. The second-order valence-electron chi connectivity index (χ2n) is 17.6. The lowest BCUT2D eigenvalue weighted by Crippen LogP contribution is -2.37. The molecule has 400 valence electrons. The molecule has 2 aromatic heterocycles. The number of amides is 2. The van der Waals surface area contributed by atoms with Crippen LogP contribution in [0.5, 0.6) is 11.5 Å². The van der Waals surface area contributed by atoms with Crippen LogP contribution in [0.1, 0.15) is 103 Å². The van der Waals surface area contributed by atoms with Crippen molar-refractivity contribution in [1.29, 1.82) is 0 Å². The Labute approximate surface area is 449 Å². The molecule has 0 bridgehead atoms. The number of hydrogen-bond acceptors (Lipinski definition) is 13. The van der Waals surface area contributed by atoms with Gasteiger partial charge in [-0.05, 0) is 108 Å². The summed E-state index contributed by atoms with van der Waals surface area (Å²) in [4.78, 5) is 55.0. The fraction of sp³-hybridized carbons (Fsp3) is 0.370. The van der Waals surface area contributed by atoms with Gasteiger partial charge in [-0.25, -0.2) is 15.9 Å². The first-order chi connectivity index (χ1) is 34.8. The van der Waals surface area contributed by atoms with Gasteiger partial charge in [0.2, 0.25) is 0 Å². The van der Waals surface area contributed by atoms with Crippen LogP contribution in [-0.4, -0.2) is 104 Å². The van der Waals surface area contributed by atoms with Crippen LogP contribution in [0.2, 0.25) is 10.0 Å². The Hall–Kier alpha value is -6.31. The van der Waals surface area contributed by atoms with Crippen molar-refractivity contribution in [3.05, 3.63) is 141 Å². The van der Waals surface area contributed by atoms with Crippen LogP contribution < -0.4 is 26.0 Å². The average Bonchev–Trinajstić information content (AvgIpc) is 3.93. The van der Waals surface area contributed by atoms with Gasteiger partial charge in [0.15, 0.2) is 17.4 Å². The van der Waals surface area contributed by atoms with Gasteiger partial charge in [0.1, 0.15) is 24.3 Å². The summed E-state index contributed by atoms with van der Waals surface area (Å²) in [5, 5.41) is 29.8. The second kappa shape index (κ2) is 30.8. The summed E-state index contributed by atoms with van der Waals surface area (Å²) >= 11 is 12.6. The van der Waals surface area contributed by atoms with Gasteiger partial charge in [0, 0.05) is 81.0 Å². The number of aliphatic hydroxyl groups is 2. The highest BCUT2D eigenvalue weighted by Crippen LogP contribution is 2.28. The van der Waals surface area contributed by atoms with E-state index in [4.69, 9.17) is 37.5 Å². The van der Waals surface area contributed by atoms with Crippen LogP contribution in [0, 0.1) is 0 Å². The summed E-state index contributed by atoms with van der Waals surface area (Å²) in [5.74, 6) is 5.95. The molecule has 74 heavy (non-hydrogen) atoms. The fourth-order valence-electron chi connectivity index (χ4n) is 7.53. The lowest BCUT2D eigenvalue weighted by molar-refractivity contribution is 0.0921. The molecule has 0 aliphatic rings. The molecular formula is C54H69Cl3N8O9. The van der Waals surface area contributed by atoms with Gasteiger partial charge >= 0.3 is 0 Å². The number of aryl methyl sites for hydroxylation is 2. The summed E-state index contributed by atoms with van der Waals surface area (Å²) in [5.41, 5.74) is 7.00. The van der Waals surface area contributed by atoms with Crippen LogP contribution in [0.3, 0.4) is 0 Å². The Morgan fingerprint density at radius 1 is 0.662 bits per heavy atom. The zero-order valence-corrected chi connectivity index (χ0v) is 45.8. The van der Waals surface area contributed by atoms with Crippen LogP contribution in [0.4, 0.5) is 0 Å². The van der Waals surface area contributed by atoms with Gasteiger partial charge in [-0.1, -0.05) is 76.9 Å². The number of Topliss-reactive ketones (excluding diaryl/α,β-unsaturated/α-hetero) is 1. The maximum Gasteiger partial charge on any atom is 0.251 e. The summed E-state index contributed by atoms with van der Waals surface area (Å²) in [6, 6.07) is 25.2. The molecule has 0 unspecified atom stereocenters. The number of aromatic nitrogens is 4. The average molecular weight is 1080 g/mol. The first-order valence-electron chi connectivity index (χ1n) is 23.6. The van der Waals surface area contributed by atoms with E-state index in [2.05, 4.69) is 36.5 Å². The number of aliphatic hydroxyl groups excluding tert-OH is 2. The second-order valence-corrected chi connectivity index (χ2v) is 18.4. The van der Waals surface area contributed by atoms with Gasteiger partial charge in [-0.3, -0.25) is 14.4 Å². The number of nitrogens with zero attached hydrogens (tertiary/aromatic N) is 5. The predicted octanol–water partition coefficient (Wildman–Crippen LogP) is 9.00. The van der Waals surface area contributed by atoms with Gasteiger partial charge in [-0.2, -0.15) is 0 Å². The molecular weight excluding hydrogens is 1010 g/mol. The SMILES string of the molecule is CC(=O)c1nc(-c2ccc(C[C@@H](CCO)NC(=O)c3ccc(OC(C)C)c(Cl)c3)cc2)cn1C.CO/N=C(\C)c1nc(-c2ccc(C[C@@H](CCO)NC(=O)c3ccc(OC(C)C)c(Cl)c3)cc2)cn1C.CON.Cl. The van der Waals surface area contributed by atoms with Crippen molar-refractivity contribution in [3.63, 3.8) is 0 Å². The molecule has 0 spiro atoms. The number of halogens is 3. The molecule has 2 heterocycles. The number of carbonyl (C=O) groups is 3. The van der Waals surface area contributed by atoms with Gasteiger partial charge in [-0.15, -0.1) is 12.4 Å². The smallest absolute Gasteiger partial charge is 0.251 e. The van der Waals surface area contributed by atoms with E-state index in [0.29, 0.717) is 69.9 Å². The zero-order chi connectivity index (χ0) is 53.8. The molecule has 0 aliphatic heterocycles. The summed E-state index contributed by atoms with van der Waals surface area (Å²) in [7, 11) is 6.61. The molecule has 20 heteroatoms. The number of benzene rings is 4. The number of ether oxygens (including phenoxy) is 2. The third-order valence-electron chi connectivity index (χ3n) is 10.8. The zero-order valence-electron chi connectivity index (χ0n) is 43.5. The molecule has 0 saturated carbocycles. The Balaban J connectivity index is 0.000000366. The third kappa shape index (κ3) is 18.9. The van der Waals surface area contributed by atoms with Crippen molar-refractivity contribution in [1.82, 2.24) is 29.7 Å². The standard InChI is InChI=1S/C27H33ClN4O4.C26H30ClN3O4.CH5NO.ClH/c1-17(2)36-25-11-10-21(15-23(25)28)27(34)29-22(12-13-33)14-19-6-8-20(9-7-19)24-16-32(4)26(30-24)18(3)31-35-5;1-16(2)34-24-10-9-20(14-22(24)27)26(33)28-21(11-12-31)13-18-5-7-19(8-6-18)23-15-30(4)25(29-23)17(3)32;1-3-2;/h6-11,15-17,22,33H,12-14H2,1-5H3,(H,29,34);5-10,14-16,21,31H,11-13H2,1-4H3,(H,28,33);2H2,1H3;1H/b31-18+;;;/t22-;21-;;/m11../s1. The first kappa shape index (κ1) is 62.0. The highest BCUT2D eigenvalue weighted by atomic mass is 35.5. The Bertz CT molecular complexity index is 2760. The summed E-state index contributed by atoms with van der Waals surface area (Å²) in [6.07, 6.45) is 5.69. The molecule has 6 aromatic rings. The van der Waals surface area contributed by atoms with E-state index in [-0.39, 0.29) is 67.5 Å². The monoisotopic (exact) mass is 1080 g/mol. The summed E-state index contributed by atoms with van der Waals surface area (Å²) < 4.78 is 14.9. The number of imidazole rings is 2. The molecule has 17 nitrogen and oxygen atoms in total. The molecule has 0 aliphatic carbocycles. The lowest BCUT2D eigenvalue weighted by atomic mass is 10.0. The van der Waals surface area contributed by atoms with Crippen LogP contribution in [0.15, 0.2) is 102 Å². The van der Waals surface area contributed by atoms with E-state index in [0.717, 1.165) is 39.5 Å². The van der Waals surface area contributed by atoms with Crippen molar-refractivity contribution in [2.24, 2.45) is 25.1 Å². The molecule has 6 rings (SSSR count). The molecule has 4 aromatic carbocycles. The van der Waals surface area contributed by atoms with Crippen molar-refractivity contribution >= 4 is 58.9 Å². The normalized spacial score (nSPS) is 11.8. The molecule has 2 atom stereocenters. The van der Waals surface area contributed by atoms with E-state index in [1.165, 1.54) is 21.1 Å². The van der Waals surface area contributed by atoms with Gasteiger partial charge in [0.25, 0.3) is 11.8 Å². The molecule has 0 saturated heterocycles. The largest absolute Gasteiger partial charge is 0.489 e. The predicted molar refractivity (Wildman–Crippen MR) is 293 cm³/mol. The minimum Gasteiger partial charge on any atom is -0.489 e. The van der Waals surface area contributed by atoms with Crippen molar-refractivity contribution in [3.8, 4) is 34.0 Å². The maximum atomic E-state index is 12.9. The molecule has 2 amide bonds. The number of nitrogens with one attached hydrogen (secondary N) is 2. The number of ketones is 1. The van der Waals surface area contributed by atoms with Crippen LogP contribution in [0.25, 0.3) is 22.5 Å². The highest BCUT2D eigenvalue weighted by molar-refractivity contribution is 6.32. The number of rotatable bonds is 21. The molecule has 6 N–H and O–H groups in total. The molecule has 0 fully saturated rings. The van der Waals surface area contributed by atoms with E-state index in [9.17, 15) is 24.6 Å². The Kier molecular flexibility index (Phi) is 25.8. The Morgan fingerprint density at radius 3 is 1.36 bits per heavy atom. The van der Waals surface area contributed by atoms with Crippen LogP contribution >= 0.6 is 35.6 Å². The number of oxime groups is 1. The maximum absolute atomic E-state index is 12.9. The lowest BCUT2D eigenvalue weighted by Gasteiger charge is -2.19. The fourth-order valence-corrected chi connectivity index (χ4v) is 7.98. The quantitative estimate of drug-likeness (QED) is 0.0259. The highest BCUT2D eigenvalue weighted by Gasteiger charge is 2.19. The van der Waals surface area contributed by atoms with Crippen molar-refractivity contribution < 1.29 is 43.7 Å². The number of hydrogen-bond donors (Lipinski definition) is 5. The summed E-state index contributed by atoms with van der Waals surface area (Å²) in [6.45, 7) is 10.9. The number of carbonyl (C=O) groups excluding carboxylic acids is 3.